The van der Waals surface area contributed by atoms with Gasteiger partial charge in [-0.15, -0.1) is 0 Å². The van der Waals surface area contributed by atoms with Crippen LogP contribution >= 0.6 is 11.8 Å². The first-order chi connectivity index (χ1) is 11.1. The van der Waals surface area contributed by atoms with Crippen LogP contribution in [0.5, 0.6) is 11.5 Å². The van der Waals surface area contributed by atoms with Gasteiger partial charge < -0.3 is 19.5 Å². The van der Waals surface area contributed by atoms with Gasteiger partial charge in [-0.05, 0) is 44.2 Å². The molecule has 23 heavy (non-hydrogen) atoms. The summed E-state index contributed by atoms with van der Waals surface area (Å²) < 4.78 is 16.7. The Kier molecular flexibility index (Phi) is 6.59. The second-order valence-corrected chi connectivity index (χ2v) is 6.51. The van der Waals surface area contributed by atoms with E-state index in [1.165, 1.54) is 0 Å². The van der Waals surface area contributed by atoms with Crippen LogP contribution in [0, 0.1) is 0 Å². The third-order valence-electron chi connectivity index (χ3n) is 3.88. The first-order valence-corrected chi connectivity index (χ1v) is 9.10. The van der Waals surface area contributed by atoms with Gasteiger partial charge in [-0.25, -0.2) is 0 Å². The van der Waals surface area contributed by atoms with E-state index in [0.717, 1.165) is 17.9 Å². The maximum absolute atomic E-state index is 12.4. The van der Waals surface area contributed by atoms with Gasteiger partial charge in [0.05, 0.1) is 18.8 Å². The third-order valence-corrected chi connectivity index (χ3v) is 5.10. The van der Waals surface area contributed by atoms with Crippen molar-refractivity contribution < 1.29 is 19.0 Å². The van der Waals surface area contributed by atoms with Gasteiger partial charge in [0.1, 0.15) is 0 Å². The molecule has 1 aliphatic heterocycles. The molecule has 1 aliphatic rings. The molecule has 5 nitrogen and oxygen atoms in total. The lowest BCUT2D eigenvalue weighted by Crippen LogP contribution is -2.44. The van der Waals surface area contributed by atoms with E-state index in [1.54, 1.807) is 25.3 Å². The Morgan fingerprint density at radius 3 is 2.61 bits per heavy atom. The van der Waals surface area contributed by atoms with Crippen molar-refractivity contribution >= 4 is 17.7 Å². The van der Waals surface area contributed by atoms with Crippen LogP contribution in [0.2, 0.25) is 0 Å². The number of carbonyl (C=O) groups excluding carboxylic acids is 1. The summed E-state index contributed by atoms with van der Waals surface area (Å²) in [7, 11) is 1.71. The molecule has 0 spiro atoms. The van der Waals surface area contributed by atoms with Crippen LogP contribution in [0.25, 0.3) is 0 Å². The van der Waals surface area contributed by atoms with Gasteiger partial charge in [0.2, 0.25) is 0 Å². The largest absolute Gasteiger partial charge is 0.490 e. The van der Waals surface area contributed by atoms with Crippen LogP contribution in [0.3, 0.4) is 0 Å². The molecule has 0 saturated carbocycles. The number of amides is 1. The van der Waals surface area contributed by atoms with Gasteiger partial charge >= 0.3 is 0 Å². The fraction of sp³-hybridized carbons (Fsp3) is 0.588. The molecule has 1 atom stereocenters. The lowest BCUT2D eigenvalue weighted by molar-refractivity contribution is 0.0137. The van der Waals surface area contributed by atoms with Gasteiger partial charge in [-0.1, -0.05) is 0 Å². The summed E-state index contributed by atoms with van der Waals surface area (Å²) in [5, 5.41) is 2.98. The number of methoxy groups -OCH3 is 1. The highest BCUT2D eigenvalue weighted by molar-refractivity contribution is 7.99. The monoisotopic (exact) mass is 339 g/mol. The number of nitrogens with one attached hydrogen (secondary N) is 1. The zero-order valence-electron chi connectivity index (χ0n) is 14.0. The van der Waals surface area contributed by atoms with Crippen molar-refractivity contribution in [1.82, 2.24) is 5.32 Å². The molecular formula is C17H25NO4S. The number of rotatable bonds is 8. The Morgan fingerprint density at radius 2 is 2.00 bits per heavy atom. The molecule has 6 heteroatoms. The van der Waals surface area contributed by atoms with Gasteiger partial charge in [-0.3, -0.25) is 4.79 Å². The molecule has 0 aliphatic carbocycles. The minimum atomic E-state index is -0.242. The maximum atomic E-state index is 12.4. The molecule has 128 valence electrons. The average molecular weight is 339 g/mol. The SMILES string of the molecule is CCOc1ccc(C(=O)NCC2(OC)CCSC2)cc1OCC. The molecule has 1 N–H and O–H groups in total. The van der Waals surface area contributed by atoms with Crippen molar-refractivity contribution in [3.8, 4) is 11.5 Å². The molecule has 1 unspecified atom stereocenters. The molecule has 1 saturated heterocycles. The predicted molar refractivity (Wildman–Crippen MR) is 92.8 cm³/mol. The topological polar surface area (TPSA) is 56.8 Å². The molecule has 1 fully saturated rings. The van der Waals surface area contributed by atoms with Crippen molar-refractivity contribution in [2.45, 2.75) is 25.9 Å². The van der Waals surface area contributed by atoms with Crippen LogP contribution in [0.4, 0.5) is 0 Å². The van der Waals surface area contributed by atoms with E-state index in [0.29, 0.717) is 36.8 Å². The molecule has 1 amide bonds. The number of hydrogen-bond donors (Lipinski definition) is 1. The Morgan fingerprint density at radius 1 is 1.26 bits per heavy atom. The van der Waals surface area contributed by atoms with Crippen molar-refractivity contribution in [3.63, 3.8) is 0 Å². The standard InChI is InChI=1S/C17H25NO4S/c1-4-21-14-7-6-13(10-15(14)22-5-2)16(19)18-11-17(20-3)8-9-23-12-17/h6-7,10H,4-5,8-9,11-12H2,1-3H3,(H,18,19). The third kappa shape index (κ3) is 4.54. The van der Waals surface area contributed by atoms with Gasteiger partial charge in [0.25, 0.3) is 5.91 Å². The van der Waals surface area contributed by atoms with Gasteiger partial charge in [0, 0.05) is 25.0 Å². The number of hydrogen-bond acceptors (Lipinski definition) is 5. The molecule has 0 bridgehead atoms. The van der Waals surface area contributed by atoms with E-state index in [4.69, 9.17) is 14.2 Å². The first-order valence-electron chi connectivity index (χ1n) is 7.95. The van der Waals surface area contributed by atoms with E-state index in [2.05, 4.69) is 5.32 Å². The zero-order chi connectivity index (χ0) is 16.7. The molecule has 2 rings (SSSR count). The summed E-state index contributed by atoms with van der Waals surface area (Å²) in [6.45, 7) is 5.42. The van der Waals surface area contributed by atoms with Crippen molar-refractivity contribution in [2.75, 3.05) is 38.4 Å². The summed E-state index contributed by atoms with van der Waals surface area (Å²) in [6, 6.07) is 5.26. The maximum Gasteiger partial charge on any atom is 0.251 e. The van der Waals surface area contributed by atoms with Crippen LogP contribution < -0.4 is 14.8 Å². The summed E-state index contributed by atoms with van der Waals surface area (Å²) in [4.78, 5) is 12.4. The highest BCUT2D eigenvalue weighted by Gasteiger charge is 2.34. The van der Waals surface area contributed by atoms with E-state index in [-0.39, 0.29) is 11.5 Å². The van der Waals surface area contributed by atoms with Gasteiger partial charge in [-0.2, -0.15) is 11.8 Å². The highest BCUT2D eigenvalue weighted by atomic mass is 32.2. The first kappa shape index (κ1) is 17.9. The van der Waals surface area contributed by atoms with Gasteiger partial charge in [0.15, 0.2) is 11.5 Å². The van der Waals surface area contributed by atoms with Crippen molar-refractivity contribution in [2.24, 2.45) is 0 Å². The smallest absolute Gasteiger partial charge is 0.251 e. The summed E-state index contributed by atoms with van der Waals surface area (Å²) in [5.74, 6) is 3.12. The summed E-state index contributed by atoms with van der Waals surface area (Å²) in [6.07, 6.45) is 0.960. The highest BCUT2D eigenvalue weighted by Crippen LogP contribution is 2.31. The minimum absolute atomic E-state index is 0.123. The van der Waals surface area contributed by atoms with E-state index in [1.807, 2.05) is 25.6 Å². The quantitative estimate of drug-likeness (QED) is 0.789. The molecule has 1 heterocycles. The predicted octanol–water partition coefficient (Wildman–Crippen LogP) is 2.74. The molecule has 0 radical (unpaired) electrons. The molecular weight excluding hydrogens is 314 g/mol. The fourth-order valence-electron chi connectivity index (χ4n) is 2.50. The number of carbonyl (C=O) groups is 1. The van der Waals surface area contributed by atoms with E-state index < -0.39 is 0 Å². The lowest BCUT2D eigenvalue weighted by Gasteiger charge is -2.26. The van der Waals surface area contributed by atoms with Crippen molar-refractivity contribution in [1.29, 1.82) is 0 Å². The number of ether oxygens (including phenoxy) is 3. The van der Waals surface area contributed by atoms with Crippen molar-refractivity contribution in [3.05, 3.63) is 23.8 Å². The van der Waals surface area contributed by atoms with Crippen LogP contribution in [-0.2, 0) is 4.74 Å². The number of benzene rings is 1. The van der Waals surface area contributed by atoms with E-state index >= 15 is 0 Å². The summed E-state index contributed by atoms with van der Waals surface area (Å²) >= 11 is 1.86. The molecule has 1 aromatic carbocycles. The fourth-order valence-corrected chi connectivity index (χ4v) is 3.89. The average Bonchev–Trinajstić information content (AvgIpc) is 3.04. The van der Waals surface area contributed by atoms with E-state index in [9.17, 15) is 4.79 Å². The second-order valence-electron chi connectivity index (χ2n) is 5.40. The Balaban J connectivity index is 2.05. The summed E-state index contributed by atoms with van der Waals surface area (Å²) in [5.41, 5.74) is 0.322. The normalized spacial score (nSPS) is 20.3. The van der Waals surface area contributed by atoms with Crippen LogP contribution in [-0.4, -0.2) is 49.9 Å². The Bertz CT molecular complexity index is 529. The minimum Gasteiger partial charge on any atom is -0.490 e. The second kappa shape index (κ2) is 8.45. The lowest BCUT2D eigenvalue weighted by atomic mass is 10.0. The Labute approximate surface area is 142 Å². The number of thioether (sulfide) groups is 1. The molecule has 1 aromatic rings. The molecule has 0 aromatic heterocycles. The van der Waals surface area contributed by atoms with Crippen LogP contribution in [0.1, 0.15) is 30.6 Å². The zero-order valence-corrected chi connectivity index (χ0v) is 14.8. The Hall–Kier alpha value is -1.40. The van der Waals surface area contributed by atoms with Crippen LogP contribution in [0.15, 0.2) is 18.2 Å².